The lowest BCUT2D eigenvalue weighted by Crippen LogP contribution is -2.52. The van der Waals surface area contributed by atoms with Gasteiger partial charge in [-0.3, -0.25) is 13.9 Å². The summed E-state index contributed by atoms with van der Waals surface area (Å²) in [6.45, 7) is 3.65. The molecule has 3 aromatic rings. The van der Waals surface area contributed by atoms with Crippen molar-refractivity contribution in [3.05, 3.63) is 88.4 Å². The molecule has 0 saturated heterocycles. The molecule has 0 bridgehead atoms. The van der Waals surface area contributed by atoms with Gasteiger partial charge in [0.1, 0.15) is 18.3 Å². The van der Waals surface area contributed by atoms with Crippen molar-refractivity contribution in [3.63, 3.8) is 0 Å². The minimum Gasteiger partial charge on any atom is -0.497 e. The van der Waals surface area contributed by atoms with Crippen molar-refractivity contribution in [3.8, 4) is 5.75 Å². The molecule has 0 radical (unpaired) electrons. The highest BCUT2D eigenvalue weighted by molar-refractivity contribution is 7.92. The average Bonchev–Trinajstić information content (AvgIpc) is 2.96. The Bertz CT molecular complexity index is 1400. The molecule has 40 heavy (non-hydrogen) atoms. The number of nitrogens with zero attached hydrogens (tertiary/aromatic N) is 2. The largest absolute Gasteiger partial charge is 0.497 e. The number of anilines is 1. The number of benzene rings is 3. The number of ether oxygens (including phenoxy) is 1. The van der Waals surface area contributed by atoms with Gasteiger partial charge in [-0.25, -0.2) is 8.42 Å². The van der Waals surface area contributed by atoms with Crippen LogP contribution in [0.15, 0.2) is 77.7 Å². The second-order valence-corrected chi connectivity index (χ2v) is 11.7. The van der Waals surface area contributed by atoms with E-state index in [0.29, 0.717) is 34.3 Å². The van der Waals surface area contributed by atoms with Gasteiger partial charge in [-0.05, 0) is 73.0 Å². The molecule has 3 rings (SSSR count). The van der Waals surface area contributed by atoms with Crippen LogP contribution in [0.25, 0.3) is 0 Å². The second-order valence-electron chi connectivity index (χ2n) is 8.99. The standard InChI is InChI=1S/C29H33Cl2N3O5S/c1-4-18-32-29(36)27(5-2)33(19-21-8-6-7-9-26(21)31)28(35)20-34(23-12-10-22(30)11-13-23)40(37,38)25-16-14-24(39-3)15-17-25/h6-17,27H,4-5,18-20H2,1-3H3,(H,32,36)/t27-/m0/s1. The number of rotatable bonds is 13. The van der Waals surface area contributed by atoms with E-state index in [1.165, 1.54) is 48.4 Å². The molecule has 11 heteroatoms. The highest BCUT2D eigenvalue weighted by Crippen LogP contribution is 2.28. The topological polar surface area (TPSA) is 96.0 Å². The van der Waals surface area contributed by atoms with Gasteiger partial charge in [0.2, 0.25) is 11.8 Å². The zero-order valence-corrected chi connectivity index (χ0v) is 25.0. The molecule has 214 valence electrons. The van der Waals surface area contributed by atoms with E-state index in [1.807, 2.05) is 6.92 Å². The van der Waals surface area contributed by atoms with E-state index in [1.54, 1.807) is 43.3 Å². The number of sulfonamides is 1. The summed E-state index contributed by atoms with van der Waals surface area (Å²) in [6.07, 6.45) is 1.04. The van der Waals surface area contributed by atoms with Crippen LogP contribution in [0.5, 0.6) is 5.75 Å². The Labute approximate surface area is 245 Å². The zero-order valence-electron chi connectivity index (χ0n) is 22.6. The first-order chi connectivity index (χ1) is 19.1. The number of hydrogen-bond donors (Lipinski definition) is 1. The van der Waals surface area contributed by atoms with Crippen molar-refractivity contribution in [2.24, 2.45) is 0 Å². The maximum atomic E-state index is 14.0. The first-order valence-corrected chi connectivity index (χ1v) is 15.0. The van der Waals surface area contributed by atoms with Crippen LogP contribution in [0.3, 0.4) is 0 Å². The lowest BCUT2D eigenvalue weighted by Gasteiger charge is -2.33. The van der Waals surface area contributed by atoms with E-state index in [2.05, 4.69) is 5.32 Å². The molecule has 8 nitrogen and oxygen atoms in total. The van der Waals surface area contributed by atoms with Crippen LogP contribution in [0.2, 0.25) is 10.0 Å². The summed E-state index contributed by atoms with van der Waals surface area (Å²) in [5, 5.41) is 3.70. The summed E-state index contributed by atoms with van der Waals surface area (Å²) >= 11 is 12.5. The van der Waals surface area contributed by atoms with Gasteiger partial charge in [-0.15, -0.1) is 0 Å². The minimum atomic E-state index is -4.21. The van der Waals surface area contributed by atoms with Crippen LogP contribution in [0.4, 0.5) is 5.69 Å². The van der Waals surface area contributed by atoms with Crippen molar-refractivity contribution in [1.82, 2.24) is 10.2 Å². The summed E-state index contributed by atoms with van der Waals surface area (Å²) in [7, 11) is -2.73. The monoisotopic (exact) mass is 605 g/mol. The van der Waals surface area contributed by atoms with Gasteiger partial charge < -0.3 is 15.0 Å². The van der Waals surface area contributed by atoms with Crippen LogP contribution in [0, 0.1) is 0 Å². The maximum absolute atomic E-state index is 14.0. The minimum absolute atomic E-state index is 0.0214. The lowest BCUT2D eigenvalue weighted by atomic mass is 10.1. The highest BCUT2D eigenvalue weighted by Gasteiger charge is 2.34. The SMILES string of the molecule is CCCNC(=O)[C@H](CC)N(Cc1ccccc1Cl)C(=O)CN(c1ccc(Cl)cc1)S(=O)(=O)c1ccc(OC)cc1. The van der Waals surface area contributed by atoms with Gasteiger partial charge in [-0.2, -0.15) is 0 Å². The highest BCUT2D eigenvalue weighted by atomic mass is 35.5. The van der Waals surface area contributed by atoms with E-state index in [4.69, 9.17) is 27.9 Å². The van der Waals surface area contributed by atoms with Gasteiger partial charge in [0, 0.05) is 23.1 Å². The molecule has 0 aliphatic carbocycles. The van der Waals surface area contributed by atoms with Crippen molar-refractivity contribution in [2.75, 3.05) is 24.5 Å². The molecule has 0 saturated carbocycles. The number of amides is 2. The second kappa shape index (κ2) is 14.4. The van der Waals surface area contributed by atoms with Crippen molar-refractivity contribution >= 4 is 50.7 Å². The smallest absolute Gasteiger partial charge is 0.264 e. The molecular weight excluding hydrogens is 573 g/mol. The van der Waals surface area contributed by atoms with Gasteiger partial charge in [-0.1, -0.05) is 55.2 Å². The Kier molecular flexibility index (Phi) is 11.2. The lowest BCUT2D eigenvalue weighted by molar-refractivity contribution is -0.140. The molecule has 0 aliphatic rings. The van der Waals surface area contributed by atoms with E-state index in [9.17, 15) is 18.0 Å². The van der Waals surface area contributed by atoms with Crippen LogP contribution < -0.4 is 14.4 Å². The molecular formula is C29H33Cl2N3O5S. The zero-order chi connectivity index (χ0) is 29.3. The summed E-state index contributed by atoms with van der Waals surface area (Å²) < 4.78 is 33.9. The van der Waals surface area contributed by atoms with Crippen molar-refractivity contribution in [1.29, 1.82) is 0 Å². The van der Waals surface area contributed by atoms with Crippen molar-refractivity contribution < 1.29 is 22.7 Å². The average molecular weight is 607 g/mol. The first kappa shape index (κ1) is 31.3. The quantitative estimate of drug-likeness (QED) is 0.276. The predicted octanol–water partition coefficient (Wildman–Crippen LogP) is 5.53. The number of carbonyl (C=O) groups is 2. The number of hydrogen-bond acceptors (Lipinski definition) is 5. The molecule has 1 atom stereocenters. The molecule has 3 aromatic carbocycles. The van der Waals surface area contributed by atoms with Gasteiger partial charge >= 0.3 is 0 Å². The molecule has 1 N–H and O–H groups in total. The number of methoxy groups -OCH3 is 1. The predicted molar refractivity (Wildman–Crippen MR) is 158 cm³/mol. The fraction of sp³-hybridized carbons (Fsp3) is 0.310. The van der Waals surface area contributed by atoms with E-state index in [-0.39, 0.29) is 23.0 Å². The Balaban J connectivity index is 2.05. The Morgan fingerprint density at radius 1 is 0.950 bits per heavy atom. The van der Waals surface area contributed by atoms with E-state index >= 15 is 0 Å². The molecule has 0 heterocycles. The maximum Gasteiger partial charge on any atom is 0.264 e. The molecule has 0 unspecified atom stereocenters. The third-order valence-corrected chi connectivity index (χ3v) is 8.68. The van der Waals surface area contributed by atoms with Gasteiger partial charge in [0.15, 0.2) is 0 Å². The third-order valence-electron chi connectivity index (χ3n) is 6.27. The fourth-order valence-electron chi connectivity index (χ4n) is 4.11. The van der Waals surface area contributed by atoms with Crippen LogP contribution in [0.1, 0.15) is 32.3 Å². The number of carbonyl (C=O) groups excluding carboxylic acids is 2. The van der Waals surface area contributed by atoms with Crippen LogP contribution >= 0.6 is 23.2 Å². The molecule has 0 aromatic heterocycles. The third kappa shape index (κ3) is 7.68. The Morgan fingerprint density at radius 3 is 2.17 bits per heavy atom. The molecule has 0 fully saturated rings. The van der Waals surface area contributed by atoms with Crippen molar-refractivity contribution in [2.45, 2.75) is 44.2 Å². The Morgan fingerprint density at radius 2 is 1.60 bits per heavy atom. The summed E-state index contributed by atoms with van der Waals surface area (Å²) in [4.78, 5) is 28.5. The normalized spacial score (nSPS) is 11.9. The number of halogens is 2. The molecule has 0 spiro atoms. The Hall–Kier alpha value is -3.27. The van der Waals surface area contributed by atoms with E-state index in [0.717, 1.165) is 10.7 Å². The fourth-order valence-corrected chi connectivity index (χ4v) is 5.84. The van der Waals surface area contributed by atoms with Crippen LogP contribution in [-0.4, -0.2) is 51.4 Å². The molecule has 0 aliphatic heterocycles. The first-order valence-electron chi connectivity index (χ1n) is 12.8. The summed E-state index contributed by atoms with van der Waals surface area (Å²) in [6, 6.07) is 18.2. The van der Waals surface area contributed by atoms with Gasteiger partial charge in [0.05, 0.1) is 17.7 Å². The van der Waals surface area contributed by atoms with Gasteiger partial charge in [0.25, 0.3) is 10.0 Å². The molecule has 2 amide bonds. The van der Waals surface area contributed by atoms with E-state index < -0.39 is 28.5 Å². The van der Waals surface area contributed by atoms with Crippen LogP contribution in [-0.2, 0) is 26.2 Å². The summed E-state index contributed by atoms with van der Waals surface area (Å²) in [5.74, 6) is -0.394. The summed E-state index contributed by atoms with van der Waals surface area (Å²) in [5.41, 5.74) is 0.880. The number of nitrogens with one attached hydrogen (secondary N) is 1.